The van der Waals surface area contributed by atoms with Crippen LogP contribution in [-0.2, 0) is 0 Å². The van der Waals surface area contributed by atoms with E-state index in [0.29, 0.717) is 5.11 Å². The van der Waals surface area contributed by atoms with Crippen LogP contribution < -0.4 is 15.5 Å². The zero-order valence-electron chi connectivity index (χ0n) is 12.0. The lowest BCUT2D eigenvalue weighted by atomic mass is 10.2. The first-order chi connectivity index (χ1) is 10.2. The number of aryl methyl sites for hydroxylation is 1. The maximum absolute atomic E-state index is 5.17. The van der Waals surface area contributed by atoms with Gasteiger partial charge in [0, 0.05) is 5.69 Å². The van der Waals surface area contributed by atoms with Gasteiger partial charge in [0.25, 0.3) is 0 Å². The average Bonchev–Trinajstić information content (AvgIpc) is 2.48. The molecule has 108 valence electrons. The topological polar surface area (TPSA) is 45.6 Å². The van der Waals surface area contributed by atoms with Gasteiger partial charge < -0.3 is 10.1 Å². The van der Waals surface area contributed by atoms with E-state index < -0.39 is 0 Å². The van der Waals surface area contributed by atoms with Gasteiger partial charge in [0.15, 0.2) is 5.11 Å². The minimum atomic E-state index is 0.434. The molecular formula is C16H17N3OS. The molecule has 2 aromatic carbocycles. The van der Waals surface area contributed by atoms with Crippen LogP contribution in [0.1, 0.15) is 11.1 Å². The smallest absolute Gasteiger partial charge is 0.191 e. The fraction of sp³-hybridized carbons (Fsp3) is 0.125. The van der Waals surface area contributed by atoms with Gasteiger partial charge in [-0.25, -0.2) is 0 Å². The second-order valence-electron chi connectivity index (χ2n) is 4.47. The fourth-order valence-electron chi connectivity index (χ4n) is 1.75. The van der Waals surface area contributed by atoms with Crippen molar-refractivity contribution in [2.24, 2.45) is 5.10 Å². The summed E-state index contributed by atoms with van der Waals surface area (Å²) in [5.41, 5.74) is 5.88. The Balaban J connectivity index is 1.86. The van der Waals surface area contributed by atoms with Gasteiger partial charge in [-0.05, 0) is 49.0 Å². The molecule has 0 atom stereocenters. The monoisotopic (exact) mass is 299 g/mol. The van der Waals surface area contributed by atoms with Crippen LogP contribution in [0.15, 0.2) is 53.6 Å². The first-order valence-electron chi connectivity index (χ1n) is 6.48. The van der Waals surface area contributed by atoms with Crippen molar-refractivity contribution in [3.05, 3.63) is 59.7 Å². The van der Waals surface area contributed by atoms with Gasteiger partial charge in [-0.2, -0.15) is 5.10 Å². The molecule has 0 fully saturated rings. The van der Waals surface area contributed by atoms with E-state index in [1.807, 2.05) is 55.5 Å². The Kier molecular flexibility index (Phi) is 5.29. The molecular weight excluding hydrogens is 282 g/mol. The SMILES string of the molecule is COc1ccc(NC(=S)N/N=C\c2cccc(C)c2)cc1. The third kappa shape index (κ3) is 4.89. The maximum Gasteiger partial charge on any atom is 0.191 e. The number of hydrogen-bond acceptors (Lipinski definition) is 3. The maximum atomic E-state index is 5.17. The molecule has 0 unspecified atom stereocenters. The van der Waals surface area contributed by atoms with Crippen molar-refractivity contribution < 1.29 is 4.74 Å². The number of thiocarbonyl (C=S) groups is 1. The zero-order chi connectivity index (χ0) is 15.1. The molecule has 4 nitrogen and oxygen atoms in total. The molecule has 0 heterocycles. The van der Waals surface area contributed by atoms with Crippen molar-refractivity contribution in [2.75, 3.05) is 12.4 Å². The average molecular weight is 299 g/mol. The number of anilines is 1. The Morgan fingerprint density at radius 3 is 2.62 bits per heavy atom. The highest BCUT2D eigenvalue weighted by Gasteiger charge is 1.97. The summed E-state index contributed by atoms with van der Waals surface area (Å²) in [6, 6.07) is 15.6. The standard InChI is InChI=1S/C16H17N3OS/c1-12-4-3-5-13(10-12)11-17-19-16(21)18-14-6-8-15(20-2)9-7-14/h3-11H,1-2H3,(H2,18,19,21)/b17-11-. The molecule has 0 aliphatic carbocycles. The summed E-state index contributed by atoms with van der Waals surface area (Å²) in [4.78, 5) is 0. The first-order valence-corrected chi connectivity index (χ1v) is 6.89. The quantitative estimate of drug-likeness (QED) is 0.516. The Hall–Kier alpha value is -2.40. The Morgan fingerprint density at radius 2 is 1.95 bits per heavy atom. The van der Waals surface area contributed by atoms with Gasteiger partial charge in [-0.15, -0.1) is 0 Å². The summed E-state index contributed by atoms with van der Waals surface area (Å²) in [5.74, 6) is 0.803. The highest BCUT2D eigenvalue weighted by Crippen LogP contribution is 2.14. The number of rotatable bonds is 4. The van der Waals surface area contributed by atoms with Gasteiger partial charge in [0.2, 0.25) is 0 Å². The van der Waals surface area contributed by atoms with Gasteiger partial charge >= 0.3 is 0 Å². The van der Waals surface area contributed by atoms with Crippen molar-refractivity contribution in [3.8, 4) is 5.75 Å². The summed E-state index contributed by atoms with van der Waals surface area (Å²) < 4.78 is 5.10. The second kappa shape index (κ2) is 7.40. The molecule has 0 aliphatic rings. The van der Waals surface area contributed by atoms with Gasteiger partial charge in [0.05, 0.1) is 13.3 Å². The van der Waals surface area contributed by atoms with Crippen molar-refractivity contribution >= 4 is 29.2 Å². The van der Waals surface area contributed by atoms with Crippen LogP contribution in [0.2, 0.25) is 0 Å². The first kappa shape index (κ1) is 15.0. The molecule has 0 radical (unpaired) electrons. The highest BCUT2D eigenvalue weighted by molar-refractivity contribution is 7.80. The van der Waals surface area contributed by atoms with E-state index >= 15 is 0 Å². The molecule has 0 aromatic heterocycles. The van der Waals surface area contributed by atoms with Crippen LogP contribution >= 0.6 is 12.2 Å². The van der Waals surface area contributed by atoms with E-state index in [1.165, 1.54) is 5.56 Å². The Morgan fingerprint density at radius 1 is 1.19 bits per heavy atom. The molecule has 0 spiro atoms. The summed E-state index contributed by atoms with van der Waals surface area (Å²) in [6.45, 7) is 2.04. The minimum Gasteiger partial charge on any atom is -0.497 e. The van der Waals surface area contributed by atoms with E-state index in [9.17, 15) is 0 Å². The van der Waals surface area contributed by atoms with Gasteiger partial charge in [-0.3, -0.25) is 5.43 Å². The largest absolute Gasteiger partial charge is 0.497 e. The molecule has 0 saturated heterocycles. The van der Waals surface area contributed by atoms with Gasteiger partial charge in [0.1, 0.15) is 5.75 Å². The second-order valence-corrected chi connectivity index (χ2v) is 4.88. The molecule has 0 aliphatic heterocycles. The molecule has 2 aromatic rings. The number of hydrogen-bond donors (Lipinski definition) is 2. The molecule has 5 heteroatoms. The number of benzene rings is 2. The summed E-state index contributed by atoms with van der Waals surface area (Å²) in [7, 11) is 1.63. The predicted octanol–water partition coefficient (Wildman–Crippen LogP) is 3.32. The summed E-state index contributed by atoms with van der Waals surface area (Å²) >= 11 is 5.17. The fourth-order valence-corrected chi connectivity index (χ4v) is 1.92. The number of nitrogens with one attached hydrogen (secondary N) is 2. The van der Waals surface area contributed by atoms with E-state index in [1.54, 1.807) is 13.3 Å². The van der Waals surface area contributed by atoms with Crippen molar-refractivity contribution in [3.63, 3.8) is 0 Å². The van der Waals surface area contributed by atoms with E-state index in [0.717, 1.165) is 17.0 Å². The van der Waals surface area contributed by atoms with Crippen molar-refractivity contribution in [1.29, 1.82) is 0 Å². The third-order valence-corrected chi connectivity index (χ3v) is 2.96. The van der Waals surface area contributed by atoms with Crippen LogP contribution in [-0.4, -0.2) is 18.4 Å². The molecule has 21 heavy (non-hydrogen) atoms. The third-order valence-electron chi connectivity index (χ3n) is 2.77. The van der Waals surface area contributed by atoms with E-state index in [-0.39, 0.29) is 0 Å². The Labute approximate surface area is 129 Å². The Bertz CT molecular complexity index is 638. The van der Waals surface area contributed by atoms with Crippen LogP contribution in [0.3, 0.4) is 0 Å². The molecule has 0 bridgehead atoms. The van der Waals surface area contributed by atoms with E-state index in [2.05, 4.69) is 15.8 Å². The van der Waals surface area contributed by atoms with Crippen LogP contribution in [0.25, 0.3) is 0 Å². The lowest BCUT2D eigenvalue weighted by molar-refractivity contribution is 0.415. The lowest BCUT2D eigenvalue weighted by Gasteiger charge is -2.07. The summed E-state index contributed by atoms with van der Waals surface area (Å²) in [5, 5.41) is 7.59. The van der Waals surface area contributed by atoms with E-state index in [4.69, 9.17) is 17.0 Å². The normalized spacial score (nSPS) is 10.4. The minimum absolute atomic E-state index is 0.434. The lowest BCUT2D eigenvalue weighted by Crippen LogP contribution is -2.23. The van der Waals surface area contributed by atoms with Crippen LogP contribution in [0, 0.1) is 6.92 Å². The molecule has 0 saturated carbocycles. The summed E-state index contributed by atoms with van der Waals surface area (Å²) in [6.07, 6.45) is 1.73. The number of methoxy groups -OCH3 is 1. The molecule has 2 rings (SSSR count). The number of ether oxygens (including phenoxy) is 1. The zero-order valence-corrected chi connectivity index (χ0v) is 12.8. The highest BCUT2D eigenvalue weighted by atomic mass is 32.1. The predicted molar refractivity (Wildman–Crippen MR) is 91.1 cm³/mol. The van der Waals surface area contributed by atoms with Crippen LogP contribution in [0.5, 0.6) is 5.75 Å². The van der Waals surface area contributed by atoms with Crippen molar-refractivity contribution in [2.45, 2.75) is 6.92 Å². The van der Waals surface area contributed by atoms with Crippen molar-refractivity contribution in [1.82, 2.24) is 5.43 Å². The number of hydrazone groups is 1. The molecule has 2 N–H and O–H groups in total. The van der Waals surface area contributed by atoms with Crippen LogP contribution in [0.4, 0.5) is 5.69 Å². The molecule has 0 amide bonds. The number of nitrogens with zero attached hydrogens (tertiary/aromatic N) is 1. The van der Waals surface area contributed by atoms with Gasteiger partial charge in [-0.1, -0.05) is 29.8 Å².